The van der Waals surface area contributed by atoms with Crippen LogP contribution in [0.4, 0.5) is 0 Å². The van der Waals surface area contributed by atoms with Gasteiger partial charge in [0.1, 0.15) is 11.5 Å². The third-order valence-electron chi connectivity index (χ3n) is 5.44. The first-order valence-corrected chi connectivity index (χ1v) is 8.46. The Morgan fingerprint density at radius 1 is 1.42 bits per heavy atom. The highest BCUT2D eigenvalue weighted by Gasteiger charge is 2.67. The van der Waals surface area contributed by atoms with Gasteiger partial charge in [0.2, 0.25) is 5.91 Å². The number of esters is 1. The Morgan fingerprint density at radius 2 is 2.17 bits per heavy atom. The van der Waals surface area contributed by atoms with E-state index >= 15 is 0 Å². The van der Waals surface area contributed by atoms with Gasteiger partial charge in [0.25, 0.3) is 0 Å². The number of likely N-dealkylation sites (tertiary alicyclic amines) is 1. The number of hydrogen-bond donors (Lipinski definition) is 0. The molecule has 0 radical (unpaired) electrons. The van der Waals surface area contributed by atoms with Crippen molar-refractivity contribution < 1.29 is 19.1 Å². The van der Waals surface area contributed by atoms with E-state index in [0.29, 0.717) is 13.2 Å². The quantitative estimate of drug-likeness (QED) is 0.628. The standard InChI is InChI=1S/C19H21NO4/c1-3-23-18(22)15-14-9-10-19(24-14)11-20(17(21)16(15)19)12(2)13-7-5-4-6-8-13/h4-10,12,14-16H,3,11H2,1-2H3/t12-,14-,15-,16+,19+/m1/s1. The summed E-state index contributed by atoms with van der Waals surface area (Å²) < 4.78 is 11.3. The molecule has 0 N–H and O–H groups in total. The normalized spacial score (nSPS) is 34.5. The molecule has 5 nitrogen and oxygen atoms in total. The third kappa shape index (κ3) is 2.04. The summed E-state index contributed by atoms with van der Waals surface area (Å²) in [7, 11) is 0. The summed E-state index contributed by atoms with van der Waals surface area (Å²) in [6.45, 7) is 4.58. The summed E-state index contributed by atoms with van der Waals surface area (Å²) in [6.07, 6.45) is 3.53. The van der Waals surface area contributed by atoms with Crippen LogP contribution in [0.5, 0.6) is 0 Å². The van der Waals surface area contributed by atoms with Gasteiger partial charge in [0, 0.05) is 0 Å². The third-order valence-corrected chi connectivity index (χ3v) is 5.44. The van der Waals surface area contributed by atoms with Crippen molar-refractivity contribution in [2.45, 2.75) is 31.6 Å². The molecule has 0 saturated carbocycles. The molecular formula is C19H21NO4. The fourth-order valence-corrected chi connectivity index (χ4v) is 4.27. The molecule has 1 aromatic rings. The van der Waals surface area contributed by atoms with Gasteiger partial charge in [0.05, 0.1) is 31.2 Å². The van der Waals surface area contributed by atoms with Crippen LogP contribution in [0.15, 0.2) is 42.5 Å². The van der Waals surface area contributed by atoms with Gasteiger partial charge in [-0.2, -0.15) is 0 Å². The molecule has 5 atom stereocenters. The Labute approximate surface area is 141 Å². The minimum Gasteiger partial charge on any atom is -0.466 e. The molecule has 126 valence electrons. The molecule has 0 aromatic heterocycles. The van der Waals surface area contributed by atoms with Gasteiger partial charge in [-0.25, -0.2) is 0 Å². The van der Waals surface area contributed by atoms with E-state index in [1.807, 2.05) is 54.3 Å². The number of ether oxygens (including phenoxy) is 2. The summed E-state index contributed by atoms with van der Waals surface area (Å²) >= 11 is 0. The lowest BCUT2D eigenvalue weighted by molar-refractivity contribution is -0.153. The number of amides is 1. The zero-order valence-corrected chi connectivity index (χ0v) is 13.8. The fourth-order valence-electron chi connectivity index (χ4n) is 4.27. The number of rotatable bonds is 4. The Balaban J connectivity index is 1.64. The smallest absolute Gasteiger partial charge is 0.312 e. The molecule has 1 amide bonds. The predicted molar refractivity (Wildman–Crippen MR) is 86.9 cm³/mol. The molecule has 0 aliphatic carbocycles. The summed E-state index contributed by atoms with van der Waals surface area (Å²) in [5.41, 5.74) is 0.399. The van der Waals surface area contributed by atoms with Crippen molar-refractivity contribution in [1.82, 2.24) is 4.90 Å². The minimum atomic E-state index is -0.678. The highest BCUT2D eigenvalue weighted by molar-refractivity contribution is 5.91. The highest BCUT2D eigenvalue weighted by atomic mass is 16.6. The maximum Gasteiger partial charge on any atom is 0.312 e. The van der Waals surface area contributed by atoms with Crippen LogP contribution in [0, 0.1) is 11.8 Å². The van der Waals surface area contributed by atoms with Crippen LogP contribution in [-0.2, 0) is 19.1 Å². The maximum absolute atomic E-state index is 13.1. The van der Waals surface area contributed by atoms with Crippen LogP contribution in [0.2, 0.25) is 0 Å². The first-order valence-electron chi connectivity index (χ1n) is 8.46. The lowest BCUT2D eigenvalue weighted by atomic mass is 9.77. The number of fused-ring (bicyclic) bond motifs is 1. The van der Waals surface area contributed by atoms with Crippen molar-refractivity contribution in [2.24, 2.45) is 11.8 Å². The fraction of sp³-hybridized carbons (Fsp3) is 0.474. The summed E-state index contributed by atoms with van der Waals surface area (Å²) in [5.74, 6) is -1.36. The monoisotopic (exact) mass is 327 g/mol. The molecule has 3 heterocycles. The number of carbonyl (C=O) groups excluding carboxylic acids is 2. The van der Waals surface area contributed by atoms with Crippen molar-refractivity contribution in [1.29, 1.82) is 0 Å². The predicted octanol–water partition coefficient (Wildman–Crippen LogP) is 2.09. The van der Waals surface area contributed by atoms with E-state index in [1.165, 1.54) is 0 Å². The van der Waals surface area contributed by atoms with Crippen LogP contribution in [0.1, 0.15) is 25.5 Å². The second-order valence-corrected chi connectivity index (χ2v) is 6.70. The lowest BCUT2D eigenvalue weighted by Crippen LogP contribution is -2.40. The molecule has 3 aliphatic heterocycles. The Hall–Kier alpha value is -2.14. The van der Waals surface area contributed by atoms with Gasteiger partial charge in [-0.1, -0.05) is 42.5 Å². The van der Waals surface area contributed by atoms with Crippen molar-refractivity contribution in [3.05, 3.63) is 48.0 Å². The number of nitrogens with zero attached hydrogens (tertiary/aromatic N) is 1. The van der Waals surface area contributed by atoms with Gasteiger partial charge in [-0.05, 0) is 19.4 Å². The molecule has 2 saturated heterocycles. The van der Waals surface area contributed by atoms with Gasteiger partial charge in [0.15, 0.2) is 0 Å². The summed E-state index contributed by atoms with van der Waals surface area (Å²) in [4.78, 5) is 27.3. The lowest BCUT2D eigenvalue weighted by Gasteiger charge is -2.27. The van der Waals surface area contributed by atoms with Crippen molar-refractivity contribution in [2.75, 3.05) is 13.2 Å². The van der Waals surface area contributed by atoms with Crippen molar-refractivity contribution in [3.8, 4) is 0 Å². The topological polar surface area (TPSA) is 55.8 Å². The number of carbonyl (C=O) groups is 2. The molecular weight excluding hydrogens is 306 g/mol. The molecule has 3 aliphatic rings. The van der Waals surface area contributed by atoms with E-state index in [1.54, 1.807) is 6.92 Å². The summed E-state index contributed by atoms with van der Waals surface area (Å²) in [5, 5.41) is 0. The van der Waals surface area contributed by atoms with Crippen LogP contribution in [0.25, 0.3) is 0 Å². The molecule has 1 spiro atoms. The van der Waals surface area contributed by atoms with E-state index in [-0.39, 0.29) is 24.0 Å². The van der Waals surface area contributed by atoms with Gasteiger partial charge in [-0.15, -0.1) is 0 Å². The zero-order valence-electron chi connectivity index (χ0n) is 13.8. The van der Waals surface area contributed by atoms with Crippen LogP contribution >= 0.6 is 0 Å². The second-order valence-electron chi connectivity index (χ2n) is 6.70. The number of benzene rings is 1. The summed E-state index contributed by atoms with van der Waals surface area (Å²) in [6, 6.07) is 9.86. The van der Waals surface area contributed by atoms with Crippen LogP contribution < -0.4 is 0 Å². The molecule has 5 heteroatoms. The maximum atomic E-state index is 13.1. The molecule has 2 fully saturated rings. The van der Waals surface area contributed by atoms with Gasteiger partial charge < -0.3 is 14.4 Å². The zero-order chi connectivity index (χ0) is 16.9. The van der Waals surface area contributed by atoms with E-state index in [0.717, 1.165) is 5.56 Å². The average Bonchev–Trinajstić information content (AvgIpc) is 3.23. The second kappa shape index (κ2) is 5.45. The molecule has 0 unspecified atom stereocenters. The SMILES string of the molecule is CCOC(=O)[C@H]1[C@H]2C(=O)N([C@H](C)c3ccccc3)C[C@@]23C=C[C@H]1O3. The first-order chi connectivity index (χ1) is 11.6. The van der Waals surface area contributed by atoms with Crippen LogP contribution in [0.3, 0.4) is 0 Å². The number of hydrogen-bond acceptors (Lipinski definition) is 4. The molecule has 24 heavy (non-hydrogen) atoms. The highest BCUT2D eigenvalue weighted by Crippen LogP contribution is 2.53. The largest absolute Gasteiger partial charge is 0.466 e. The van der Waals surface area contributed by atoms with Crippen molar-refractivity contribution >= 4 is 11.9 Å². The van der Waals surface area contributed by atoms with Crippen molar-refractivity contribution in [3.63, 3.8) is 0 Å². The van der Waals surface area contributed by atoms with Gasteiger partial charge in [-0.3, -0.25) is 9.59 Å². The van der Waals surface area contributed by atoms with E-state index in [4.69, 9.17) is 9.47 Å². The van der Waals surface area contributed by atoms with E-state index < -0.39 is 17.4 Å². The Morgan fingerprint density at radius 3 is 2.88 bits per heavy atom. The minimum absolute atomic E-state index is 0.0174. The molecule has 4 rings (SSSR count). The van der Waals surface area contributed by atoms with E-state index in [9.17, 15) is 9.59 Å². The molecule has 1 aromatic carbocycles. The first kappa shape index (κ1) is 15.4. The van der Waals surface area contributed by atoms with E-state index in [2.05, 4.69) is 0 Å². The Kier molecular flexibility index (Phi) is 3.49. The van der Waals surface area contributed by atoms with Crippen LogP contribution in [-0.4, -0.2) is 41.6 Å². The molecule has 2 bridgehead atoms. The van der Waals surface area contributed by atoms with Gasteiger partial charge >= 0.3 is 5.97 Å². The Bertz CT molecular complexity index is 701. The average molecular weight is 327 g/mol.